The molecule has 0 amide bonds. The van der Waals surface area contributed by atoms with Crippen LogP contribution >= 0.6 is 11.3 Å². The van der Waals surface area contributed by atoms with E-state index in [0.29, 0.717) is 24.6 Å². The Balaban J connectivity index is 1.88. The molecule has 5 heteroatoms. The number of nitrogens with zero attached hydrogens (tertiary/aromatic N) is 2. The van der Waals surface area contributed by atoms with Crippen LogP contribution < -0.4 is 10.6 Å². The Labute approximate surface area is 119 Å². The lowest BCUT2D eigenvalue weighted by atomic mass is 10.1. The standard InChI is InChI=1S/C14H23N3OS/c1-9(2)13-12(8-15)19-14(16-13)17-6-7-18-11-5-3-4-10(11)17/h9-11H,3-8,15H2,1-2H3. The van der Waals surface area contributed by atoms with Gasteiger partial charge in [-0.1, -0.05) is 13.8 Å². The van der Waals surface area contributed by atoms with Crippen molar-refractivity contribution in [1.82, 2.24) is 4.98 Å². The molecule has 2 fully saturated rings. The number of rotatable bonds is 3. The average Bonchev–Trinajstić information content (AvgIpc) is 3.04. The molecule has 1 aliphatic carbocycles. The summed E-state index contributed by atoms with van der Waals surface area (Å²) < 4.78 is 5.87. The van der Waals surface area contributed by atoms with Crippen LogP contribution in [0, 0.1) is 0 Å². The molecule has 2 unspecified atom stereocenters. The van der Waals surface area contributed by atoms with Crippen molar-refractivity contribution in [3.63, 3.8) is 0 Å². The molecule has 1 saturated heterocycles. The van der Waals surface area contributed by atoms with Crippen LogP contribution in [-0.2, 0) is 11.3 Å². The second-order valence-electron chi connectivity index (χ2n) is 5.76. The number of hydrogen-bond acceptors (Lipinski definition) is 5. The molecule has 0 bridgehead atoms. The summed E-state index contributed by atoms with van der Waals surface area (Å²) in [5.41, 5.74) is 7.05. The average molecular weight is 281 g/mol. The molecule has 0 radical (unpaired) electrons. The summed E-state index contributed by atoms with van der Waals surface area (Å²) >= 11 is 1.78. The summed E-state index contributed by atoms with van der Waals surface area (Å²) in [4.78, 5) is 8.58. The first-order valence-corrected chi connectivity index (χ1v) is 8.10. The fraction of sp³-hybridized carbons (Fsp3) is 0.786. The number of ether oxygens (including phenoxy) is 1. The summed E-state index contributed by atoms with van der Waals surface area (Å²) in [7, 11) is 0. The third-order valence-corrected chi connectivity index (χ3v) is 5.31. The van der Waals surface area contributed by atoms with Crippen molar-refractivity contribution in [2.75, 3.05) is 18.1 Å². The van der Waals surface area contributed by atoms with E-state index in [2.05, 4.69) is 18.7 Å². The van der Waals surface area contributed by atoms with Crippen LogP contribution in [0.2, 0.25) is 0 Å². The molecule has 0 aromatic carbocycles. The molecular weight excluding hydrogens is 258 g/mol. The van der Waals surface area contributed by atoms with E-state index in [1.54, 1.807) is 11.3 Å². The SMILES string of the molecule is CC(C)c1nc(N2CCOC3CCCC32)sc1CN. The third kappa shape index (κ3) is 2.39. The van der Waals surface area contributed by atoms with Gasteiger partial charge in [-0.3, -0.25) is 0 Å². The van der Waals surface area contributed by atoms with Gasteiger partial charge in [-0.2, -0.15) is 0 Å². The maximum atomic E-state index is 5.87. The van der Waals surface area contributed by atoms with Gasteiger partial charge in [0.2, 0.25) is 0 Å². The van der Waals surface area contributed by atoms with E-state index in [-0.39, 0.29) is 0 Å². The van der Waals surface area contributed by atoms with Gasteiger partial charge in [-0.05, 0) is 25.2 Å². The fourth-order valence-corrected chi connectivity index (χ4v) is 4.41. The number of anilines is 1. The Morgan fingerprint density at radius 3 is 3.00 bits per heavy atom. The van der Waals surface area contributed by atoms with Crippen molar-refractivity contribution in [3.8, 4) is 0 Å². The van der Waals surface area contributed by atoms with Crippen LogP contribution in [0.5, 0.6) is 0 Å². The van der Waals surface area contributed by atoms with Crippen LogP contribution in [0.15, 0.2) is 0 Å². The number of aromatic nitrogens is 1. The van der Waals surface area contributed by atoms with Gasteiger partial charge in [0.25, 0.3) is 0 Å². The molecule has 1 aliphatic heterocycles. The third-order valence-electron chi connectivity index (χ3n) is 4.18. The highest BCUT2D eigenvalue weighted by atomic mass is 32.1. The highest BCUT2D eigenvalue weighted by molar-refractivity contribution is 7.15. The first-order chi connectivity index (χ1) is 9.20. The smallest absolute Gasteiger partial charge is 0.186 e. The Morgan fingerprint density at radius 1 is 1.47 bits per heavy atom. The minimum absolute atomic E-state index is 0.418. The van der Waals surface area contributed by atoms with E-state index in [1.807, 2.05) is 0 Å². The Morgan fingerprint density at radius 2 is 2.32 bits per heavy atom. The van der Waals surface area contributed by atoms with Gasteiger partial charge in [0.1, 0.15) is 0 Å². The molecular formula is C14H23N3OS. The molecule has 3 rings (SSSR count). The monoisotopic (exact) mass is 281 g/mol. The van der Waals surface area contributed by atoms with Crippen LogP contribution in [-0.4, -0.2) is 30.3 Å². The van der Waals surface area contributed by atoms with E-state index < -0.39 is 0 Å². The van der Waals surface area contributed by atoms with Crippen LogP contribution in [0.4, 0.5) is 5.13 Å². The van der Waals surface area contributed by atoms with Crippen molar-refractivity contribution in [2.24, 2.45) is 5.73 Å². The lowest BCUT2D eigenvalue weighted by Gasteiger charge is -2.37. The maximum absolute atomic E-state index is 5.87. The van der Waals surface area contributed by atoms with Gasteiger partial charge < -0.3 is 15.4 Å². The van der Waals surface area contributed by atoms with Crippen molar-refractivity contribution >= 4 is 16.5 Å². The van der Waals surface area contributed by atoms with Gasteiger partial charge in [0.15, 0.2) is 5.13 Å². The Hall–Kier alpha value is -0.650. The maximum Gasteiger partial charge on any atom is 0.186 e. The lowest BCUT2D eigenvalue weighted by molar-refractivity contribution is 0.0256. The van der Waals surface area contributed by atoms with Gasteiger partial charge in [-0.15, -0.1) is 11.3 Å². The van der Waals surface area contributed by atoms with E-state index in [4.69, 9.17) is 15.5 Å². The molecule has 0 spiro atoms. The summed E-state index contributed by atoms with van der Waals surface area (Å²) in [5.74, 6) is 0.448. The van der Waals surface area contributed by atoms with Crippen LogP contribution in [0.25, 0.3) is 0 Å². The largest absolute Gasteiger partial charge is 0.374 e. The zero-order valence-electron chi connectivity index (χ0n) is 11.8. The second kappa shape index (κ2) is 5.38. The first kappa shape index (κ1) is 13.3. The van der Waals surface area contributed by atoms with Crippen molar-refractivity contribution in [2.45, 2.75) is 57.7 Å². The van der Waals surface area contributed by atoms with Gasteiger partial charge >= 0.3 is 0 Å². The number of morpholine rings is 1. The van der Waals surface area contributed by atoms with Crippen molar-refractivity contribution in [1.29, 1.82) is 0 Å². The zero-order chi connectivity index (χ0) is 13.4. The molecule has 106 valence electrons. The Bertz CT molecular complexity index is 446. The summed E-state index contributed by atoms with van der Waals surface area (Å²) in [6.07, 6.45) is 4.13. The van der Waals surface area contributed by atoms with Crippen molar-refractivity contribution in [3.05, 3.63) is 10.6 Å². The molecule has 2 heterocycles. The molecule has 19 heavy (non-hydrogen) atoms. The van der Waals surface area contributed by atoms with E-state index in [0.717, 1.165) is 18.3 Å². The summed E-state index contributed by atoms with van der Waals surface area (Å²) in [6.45, 7) is 6.78. The predicted molar refractivity (Wildman–Crippen MR) is 78.8 cm³/mol. The molecule has 2 atom stereocenters. The van der Waals surface area contributed by atoms with Gasteiger partial charge in [0, 0.05) is 18.0 Å². The second-order valence-corrected chi connectivity index (χ2v) is 6.83. The minimum atomic E-state index is 0.418. The highest BCUT2D eigenvalue weighted by Crippen LogP contribution is 2.37. The molecule has 1 aromatic heterocycles. The van der Waals surface area contributed by atoms with E-state index >= 15 is 0 Å². The fourth-order valence-electron chi connectivity index (χ4n) is 3.23. The Kier molecular flexibility index (Phi) is 3.78. The van der Waals surface area contributed by atoms with Crippen LogP contribution in [0.1, 0.15) is 49.6 Å². The topological polar surface area (TPSA) is 51.4 Å². The van der Waals surface area contributed by atoms with Gasteiger partial charge in [-0.25, -0.2) is 4.98 Å². The van der Waals surface area contributed by atoms with Gasteiger partial charge in [0.05, 0.1) is 24.4 Å². The summed E-state index contributed by atoms with van der Waals surface area (Å²) in [5, 5.41) is 1.16. The zero-order valence-corrected chi connectivity index (χ0v) is 12.6. The molecule has 2 aliphatic rings. The van der Waals surface area contributed by atoms with E-state index in [9.17, 15) is 0 Å². The van der Waals surface area contributed by atoms with E-state index in [1.165, 1.54) is 29.8 Å². The number of thiazole rings is 1. The van der Waals surface area contributed by atoms with Crippen molar-refractivity contribution < 1.29 is 4.74 Å². The molecule has 2 N–H and O–H groups in total. The molecule has 4 nitrogen and oxygen atoms in total. The number of fused-ring (bicyclic) bond motifs is 1. The molecule has 1 aromatic rings. The normalized spacial score (nSPS) is 27.1. The number of nitrogens with two attached hydrogens (primary N) is 1. The molecule has 1 saturated carbocycles. The quantitative estimate of drug-likeness (QED) is 0.925. The first-order valence-electron chi connectivity index (χ1n) is 7.28. The predicted octanol–water partition coefficient (Wildman–Crippen LogP) is 2.48. The lowest BCUT2D eigenvalue weighted by Crippen LogP contribution is -2.48. The highest BCUT2D eigenvalue weighted by Gasteiger charge is 2.37. The van der Waals surface area contributed by atoms with Crippen LogP contribution in [0.3, 0.4) is 0 Å². The summed E-state index contributed by atoms with van der Waals surface area (Å²) in [6, 6.07) is 0.533. The minimum Gasteiger partial charge on any atom is -0.374 e. The number of hydrogen-bond donors (Lipinski definition) is 1.